The third kappa shape index (κ3) is 6.97. The van der Waals surface area contributed by atoms with E-state index >= 15 is 0 Å². The van der Waals surface area contributed by atoms with Crippen LogP contribution in [0.5, 0.6) is 5.75 Å². The lowest BCUT2D eigenvalue weighted by Gasteiger charge is -2.25. The van der Waals surface area contributed by atoms with Crippen molar-refractivity contribution in [3.8, 4) is 5.75 Å². The Hall–Kier alpha value is -2.54. The van der Waals surface area contributed by atoms with Crippen molar-refractivity contribution in [1.29, 1.82) is 0 Å². The summed E-state index contributed by atoms with van der Waals surface area (Å²) in [7, 11) is -1.79. The number of carbonyl (C=O) groups is 1. The molecule has 2 rings (SSSR count). The second-order valence-electron chi connectivity index (χ2n) is 9.12. The monoisotopic (exact) mass is 474 g/mol. The molecule has 0 saturated carbocycles. The van der Waals surface area contributed by atoms with E-state index in [-0.39, 0.29) is 24.9 Å². The summed E-state index contributed by atoms with van der Waals surface area (Å²) in [5, 5.41) is 3.07. The van der Waals surface area contributed by atoms with Crippen molar-refractivity contribution in [3.63, 3.8) is 0 Å². The van der Waals surface area contributed by atoms with Crippen molar-refractivity contribution < 1.29 is 17.9 Å². The van der Waals surface area contributed by atoms with Crippen LogP contribution in [0.15, 0.2) is 30.3 Å². The molecular weight excluding hydrogens is 436 g/mol. The van der Waals surface area contributed by atoms with Gasteiger partial charge in [-0.2, -0.15) is 0 Å². The molecule has 7 heteroatoms. The van der Waals surface area contributed by atoms with Gasteiger partial charge >= 0.3 is 0 Å². The highest BCUT2D eigenvalue weighted by molar-refractivity contribution is 7.92. The fourth-order valence-corrected chi connectivity index (χ4v) is 5.05. The van der Waals surface area contributed by atoms with Gasteiger partial charge in [-0.1, -0.05) is 26.0 Å². The number of methoxy groups -OCH3 is 1. The molecule has 0 heterocycles. The molecule has 1 N–H and O–H groups in total. The lowest BCUT2D eigenvalue weighted by Crippen LogP contribution is -2.33. The molecule has 0 spiro atoms. The molecule has 0 bridgehead atoms. The summed E-state index contributed by atoms with van der Waals surface area (Å²) in [4.78, 5) is 12.7. The van der Waals surface area contributed by atoms with E-state index in [2.05, 4.69) is 25.2 Å². The van der Waals surface area contributed by atoms with Crippen molar-refractivity contribution in [2.45, 2.75) is 66.3 Å². The maximum Gasteiger partial charge on any atom is 0.232 e. The first kappa shape index (κ1) is 26.7. The minimum absolute atomic E-state index is 0.0989. The van der Waals surface area contributed by atoms with E-state index in [1.54, 1.807) is 7.11 Å². The molecule has 6 nitrogen and oxygen atoms in total. The van der Waals surface area contributed by atoms with Gasteiger partial charge in [0.2, 0.25) is 15.9 Å². The summed E-state index contributed by atoms with van der Waals surface area (Å²) in [6.07, 6.45) is 1.88. The van der Waals surface area contributed by atoms with Gasteiger partial charge in [-0.15, -0.1) is 0 Å². The Labute approximate surface area is 199 Å². The van der Waals surface area contributed by atoms with Crippen molar-refractivity contribution in [1.82, 2.24) is 5.32 Å². The number of hydrogen-bond donors (Lipinski definition) is 1. The highest BCUT2D eigenvalue weighted by Gasteiger charge is 2.21. The Balaban J connectivity index is 2.07. The zero-order valence-electron chi connectivity index (χ0n) is 21.2. The number of rotatable bonds is 10. The second kappa shape index (κ2) is 11.1. The highest BCUT2D eigenvalue weighted by atomic mass is 32.2. The maximum atomic E-state index is 12.7. The molecule has 0 aliphatic heterocycles. The van der Waals surface area contributed by atoms with E-state index in [0.29, 0.717) is 18.0 Å². The molecule has 33 heavy (non-hydrogen) atoms. The minimum atomic E-state index is -3.46. The predicted octanol–water partition coefficient (Wildman–Crippen LogP) is 5.17. The molecule has 2 aromatic rings. The molecule has 1 atom stereocenters. The molecule has 0 unspecified atom stereocenters. The fourth-order valence-electron chi connectivity index (χ4n) is 4.04. The summed E-state index contributed by atoms with van der Waals surface area (Å²) in [6, 6.07) is 9.71. The van der Waals surface area contributed by atoms with E-state index in [4.69, 9.17) is 4.74 Å². The van der Waals surface area contributed by atoms with Gasteiger partial charge in [-0.05, 0) is 86.1 Å². The zero-order valence-corrected chi connectivity index (χ0v) is 22.0. The Kier molecular flexibility index (Phi) is 8.95. The van der Waals surface area contributed by atoms with Crippen LogP contribution in [0.2, 0.25) is 0 Å². The molecule has 182 valence electrons. The van der Waals surface area contributed by atoms with Crippen molar-refractivity contribution in [2.75, 3.05) is 24.2 Å². The van der Waals surface area contributed by atoms with Crippen molar-refractivity contribution in [2.24, 2.45) is 0 Å². The summed E-state index contributed by atoms with van der Waals surface area (Å²) in [6.45, 7) is 12.3. The average molecular weight is 475 g/mol. The van der Waals surface area contributed by atoms with Gasteiger partial charge in [-0.25, -0.2) is 8.42 Å². The van der Waals surface area contributed by atoms with Crippen LogP contribution in [0.25, 0.3) is 0 Å². The Morgan fingerprint density at radius 1 is 1.03 bits per heavy atom. The minimum Gasteiger partial charge on any atom is -0.496 e. The second-order valence-corrected chi connectivity index (χ2v) is 11.0. The van der Waals surface area contributed by atoms with Crippen LogP contribution >= 0.6 is 0 Å². The Morgan fingerprint density at radius 2 is 1.70 bits per heavy atom. The van der Waals surface area contributed by atoms with E-state index in [1.165, 1.54) is 10.6 Å². The number of anilines is 1. The molecular formula is C26H38N2O4S. The standard InChI is InChI=1S/C26H38N2O4S/c1-17(2)22-16-23(20(5)15-25(22)32-7)21(6)27-26(29)10-9-13-28(33(8,30)31)24-14-18(3)11-12-19(24)4/h11-12,14-17,21H,9-10,13H2,1-8H3,(H,27,29)/t21-/m0/s1. The third-order valence-electron chi connectivity index (χ3n) is 5.88. The molecule has 0 aliphatic carbocycles. The molecule has 0 saturated heterocycles. The van der Waals surface area contributed by atoms with E-state index in [0.717, 1.165) is 33.6 Å². The van der Waals surface area contributed by atoms with E-state index in [1.807, 2.05) is 52.0 Å². The number of aryl methyl sites for hydroxylation is 3. The highest BCUT2D eigenvalue weighted by Crippen LogP contribution is 2.32. The molecule has 0 fully saturated rings. The predicted molar refractivity (Wildman–Crippen MR) is 136 cm³/mol. The Morgan fingerprint density at radius 3 is 2.27 bits per heavy atom. The smallest absolute Gasteiger partial charge is 0.232 e. The number of ether oxygens (including phenoxy) is 1. The number of amides is 1. The largest absolute Gasteiger partial charge is 0.496 e. The first-order chi connectivity index (χ1) is 15.3. The summed E-state index contributed by atoms with van der Waals surface area (Å²) in [5.41, 5.74) is 5.77. The summed E-state index contributed by atoms with van der Waals surface area (Å²) < 4.78 is 31.8. The summed E-state index contributed by atoms with van der Waals surface area (Å²) >= 11 is 0. The molecule has 1 amide bonds. The number of hydrogen-bond acceptors (Lipinski definition) is 4. The first-order valence-corrected chi connectivity index (χ1v) is 13.2. The van der Waals surface area contributed by atoms with Crippen LogP contribution in [0.4, 0.5) is 5.69 Å². The molecule has 0 aliphatic rings. The molecule has 0 aromatic heterocycles. The van der Waals surface area contributed by atoms with Gasteiger partial charge in [0.15, 0.2) is 0 Å². The lowest BCUT2D eigenvalue weighted by atomic mass is 9.93. The SMILES string of the molecule is COc1cc(C)c([C@H](C)NC(=O)CCCN(c2cc(C)ccc2C)S(C)(=O)=O)cc1C(C)C. The topological polar surface area (TPSA) is 75.7 Å². The third-order valence-corrected chi connectivity index (χ3v) is 7.06. The summed E-state index contributed by atoms with van der Waals surface area (Å²) in [5.74, 6) is 1.06. The van der Waals surface area contributed by atoms with Crippen molar-refractivity contribution in [3.05, 3.63) is 58.1 Å². The number of nitrogens with one attached hydrogen (secondary N) is 1. The number of sulfonamides is 1. The van der Waals surface area contributed by atoms with Crippen LogP contribution in [0, 0.1) is 20.8 Å². The van der Waals surface area contributed by atoms with Gasteiger partial charge < -0.3 is 10.1 Å². The maximum absolute atomic E-state index is 12.7. The lowest BCUT2D eigenvalue weighted by molar-refractivity contribution is -0.121. The van der Waals surface area contributed by atoms with E-state index in [9.17, 15) is 13.2 Å². The van der Waals surface area contributed by atoms with Crippen LogP contribution < -0.4 is 14.4 Å². The van der Waals surface area contributed by atoms with Crippen LogP contribution in [-0.4, -0.2) is 34.2 Å². The van der Waals surface area contributed by atoms with Crippen LogP contribution in [0.3, 0.4) is 0 Å². The van der Waals surface area contributed by atoms with Gasteiger partial charge in [0.25, 0.3) is 0 Å². The van der Waals surface area contributed by atoms with Gasteiger partial charge in [0.1, 0.15) is 5.75 Å². The van der Waals surface area contributed by atoms with Gasteiger partial charge in [0.05, 0.1) is 25.1 Å². The molecule has 2 aromatic carbocycles. The number of nitrogens with zero attached hydrogens (tertiary/aromatic N) is 1. The number of benzene rings is 2. The average Bonchev–Trinajstić information content (AvgIpc) is 2.71. The quantitative estimate of drug-likeness (QED) is 0.516. The van der Waals surface area contributed by atoms with Gasteiger partial charge in [-0.3, -0.25) is 9.10 Å². The Bertz CT molecular complexity index is 1090. The first-order valence-electron chi connectivity index (χ1n) is 11.4. The fraction of sp³-hybridized carbons (Fsp3) is 0.500. The van der Waals surface area contributed by atoms with E-state index < -0.39 is 10.0 Å². The zero-order chi connectivity index (χ0) is 24.9. The molecule has 0 radical (unpaired) electrons. The number of carbonyl (C=O) groups excluding carboxylic acids is 1. The van der Waals surface area contributed by atoms with Gasteiger partial charge in [0, 0.05) is 13.0 Å². The van der Waals surface area contributed by atoms with Crippen molar-refractivity contribution >= 4 is 21.6 Å². The van der Waals surface area contributed by atoms with Crippen LogP contribution in [0.1, 0.15) is 73.4 Å². The normalized spacial score (nSPS) is 12.5. The van der Waals surface area contributed by atoms with Crippen LogP contribution in [-0.2, 0) is 14.8 Å².